The van der Waals surface area contributed by atoms with Crippen LogP contribution in [0, 0.1) is 5.92 Å². The normalized spacial score (nSPS) is 18.0. The van der Waals surface area contributed by atoms with Gasteiger partial charge in [-0.05, 0) is 50.9 Å². The minimum Gasteiger partial charge on any atom is -0.469 e. The maximum atomic E-state index is 12.6. The van der Waals surface area contributed by atoms with Gasteiger partial charge in [-0.1, -0.05) is 18.2 Å². The van der Waals surface area contributed by atoms with E-state index in [9.17, 15) is 9.59 Å². The number of para-hydroxylation sites is 1. The molecule has 1 saturated carbocycles. The average Bonchev–Trinajstić information content (AvgIpc) is 3.49. The summed E-state index contributed by atoms with van der Waals surface area (Å²) < 4.78 is 6.63. The summed E-state index contributed by atoms with van der Waals surface area (Å²) in [7, 11) is 1.42. The lowest BCUT2D eigenvalue weighted by Gasteiger charge is -2.29. The SMILES string of the molecule is COC(=O)C1CCN(CC(=O)Nc2cc(C3CC3)nn2-c2ccccc2)CC1. The number of anilines is 1. The zero-order valence-electron chi connectivity index (χ0n) is 16.1. The zero-order chi connectivity index (χ0) is 19.5. The highest BCUT2D eigenvalue weighted by molar-refractivity contribution is 5.91. The van der Waals surface area contributed by atoms with E-state index in [0.29, 0.717) is 18.3 Å². The van der Waals surface area contributed by atoms with Crippen LogP contribution in [0.1, 0.15) is 37.3 Å². The Morgan fingerprint density at radius 3 is 2.50 bits per heavy atom. The van der Waals surface area contributed by atoms with Gasteiger partial charge in [-0.15, -0.1) is 0 Å². The highest BCUT2D eigenvalue weighted by Gasteiger charge is 2.29. The number of rotatable bonds is 6. The molecule has 1 aromatic heterocycles. The number of esters is 1. The summed E-state index contributed by atoms with van der Waals surface area (Å²) in [4.78, 5) is 26.4. The molecule has 1 aliphatic carbocycles. The van der Waals surface area contributed by atoms with Crippen LogP contribution in [0.25, 0.3) is 5.69 Å². The number of aromatic nitrogens is 2. The number of piperidine rings is 1. The van der Waals surface area contributed by atoms with Crippen molar-refractivity contribution in [3.63, 3.8) is 0 Å². The first-order valence-electron chi connectivity index (χ1n) is 9.89. The third-order valence-corrected chi connectivity index (χ3v) is 5.48. The average molecular weight is 382 g/mol. The fraction of sp³-hybridized carbons (Fsp3) is 0.476. The fourth-order valence-electron chi connectivity index (χ4n) is 3.71. The van der Waals surface area contributed by atoms with E-state index in [2.05, 4.69) is 10.2 Å². The monoisotopic (exact) mass is 382 g/mol. The molecule has 2 heterocycles. The van der Waals surface area contributed by atoms with E-state index in [4.69, 9.17) is 9.84 Å². The first-order valence-corrected chi connectivity index (χ1v) is 9.89. The molecule has 0 spiro atoms. The lowest BCUT2D eigenvalue weighted by molar-refractivity contribution is -0.147. The van der Waals surface area contributed by atoms with Crippen molar-refractivity contribution < 1.29 is 14.3 Å². The molecule has 2 fully saturated rings. The van der Waals surface area contributed by atoms with Crippen LogP contribution in [-0.2, 0) is 14.3 Å². The van der Waals surface area contributed by atoms with E-state index in [1.165, 1.54) is 7.11 Å². The molecule has 7 nitrogen and oxygen atoms in total. The van der Waals surface area contributed by atoms with E-state index in [1.54, 1.807) is 0 Å². The Bertz CT molecular complexity index is 837. The first kappa shape index (κ1) is 18.7. The Hall–Kier alpha value is -2.67. The molecule has 2 aromatic rings. The van der Waals surface area contributed by atoms with Gasteiger partial charge in [0, 0.05) is 12.0 Å². The third kappa shape index (κ3) is 4.25. The van der Waals surface area contributed by atoms with E-state index in [-0.39, 0.29) is 17.8 Å². The summed E-state index contributed by atoms with van der Waals surface area (Å²) in [6.07, 6.45) is 3.78. The quantitative estimate of drug-likeness (QED) is 0.777. The maximum absolute atomic E-state index is 12.6. The molecule has 1 N–H and O–H groups in total. The molecule has 1 aromatic carbocycles. The second-order valence-corrected chi connectivity index (χ2v) is 7.60. The Kier molecular flexibility index (Phi) is 5.43. The van der Waals surface area contributed by atoms with Gasteiger partial charge in [0.2, 0.25) is 5.91 Å². The van der Waals surface area contributed by atoms with Crippen molar-refractivity contribution in [1.29, 1.82) is 0 Å². The van der Waals surface area contributed by atoms with Gasteiger partial charge in [0.25, 0.3) is 0 Å². The zero-order valence-corrected chi connectivity index (χ0v) is 16.1. The van der Waals surface area contributed by atoms with E-state index < -0.39 is 0 Å². The number of ether oxygens (including phenoxy) is 1. The Morgan fingerprint density at radius 1 is 1.14 bits per heavy atom. The van der Waals surface area contributed by atoms with Crippen molar-refractivity contribution in [2.75, 3.05) is 32.1 Å². The molecule has 0 radical (unpaired) electrons. The Morgan fingerprint density at radius 2 is 1.86 bits per heavy atom. The summed E-state index contributed by atoms with van der Waals surface area (Å²) in [6.45, 7) is 1.75. The van der Waals surface area contributed by atoms with Gasteiger partial charge in [-0.25, -0.2) is 4.68 Å². The third-order valence-electron chi connectivity index (χ3n) is 5.48. The van der Waals surface area contributed by atoms with E-state index in [1.807, 2.05) is 41.1 Å². The second-order valence-electron chi connectivity index (χ2n) is 7.60. The summed E-state index contributed by atoms with van der Waals surface area (Å²) >= 11 is 0. The number of hydrogen-bond acceptors (Lipinski definition) is 5. The van der Waals surface area contributed by atoms with Gasteiger partial charge in [0.1, 0.15) is 5.82 Å². The second kappa shape index (κ2) is 8.14. The molecule has 0 atom stereocenters. The van der Waals surface area contributed by atoms with Crippen LogP contribution in [0.4, 0.5) is 5.82 Å². The number of likely N-dealkylation sites (tertiary alicyclic amines) is 1. The van der Waals surface area contributed by atoms with Crippen LogP contribution < -0.4 is 5.32 Å². The predicted molar refractivity (Wildman–Crippen MR) is 105 cm³/mol. The topological polar surface area (TPSA) is 76.5 Å². The molecule has 0 bridgehead atoms. The molecular weight excluding hydrogens is 356 g/mol. The van der Waals surface area contributed by atoms with E-state index >= 15 is 0 Å². The summed E-state index contributed by atoms with van der Waals surface area (Å²) in [5, 5.41) is 7.75. The molecular formula is C21H26N4O3. The number of amides is 1. The number of carbonyl (C=O) groups is 2. The minimum atomic E-state index is -0.150. The van der Waals surface area contributed by atoms with Crippen molar-refractivity contribution >= 4 is 17.7 Å². The number of carbonyl (C=O) groups excluding carboxylic acids is 2. The first-order chi connectivity index (χ1) is 13.6. The number of hydrogen-bond donors (Lipinski definition) is 1. The number of nitrogens with zero attached hydrogens (tertiary/aromatic N) is 3. The van der Waals surface area contributed by atoms with Crippen molar-refractivity contribution in [3.05, 3.63) is 42.1 Å². The number of benzene rings is 1. The molecule has 7 heteroatoms. The van der Waals surface area contributed by atoms with Gasteiger partial charge in [-0.3, -0.25) is 14.5 Å². The Labute approximate surface area is 164 Å². The van der Waals surface area contributed by atoms with Gasteiger partial charge < -0.3 is 10.1 Å². The molecule has 1 aliphatic heterocycles. The van der Waals surface area contributed by atoms with Gasteiger partial charge in [-0.2, -0.15) is 5.10 Å². The molecule has 1 amide bonds. The van der Waals surface area contributed by atoms with E-state index in [0.717, 1.165) is 50.2 Å². The summed E-state index contributed by atoms with van der Waals surface area (Å²) in [5.41, 5.74) is 1.97. The Balaban J connectivity index is 1.40. The molecule has 1 saturated heterocycles. The minimum absolute atomic E-state index is 0.0510. The molecule has 4 rings (SSSR count). The predicted octanol–water partition coefficient (Wildman–Crippen LogP) is 2.57. The van der Waals surface area contributed by atoms with Gasteiger partial charge in [0.05, 0.1) is 31.0 Å². The van der Waals surface area contributed by atoms with Crippen molar-refractivity contribution in [1.82, 2.24) is 14.7 Å². The van der Waals surface area contributed by atoms with Crippen LogP contribution in [0.5, 0.6) is 0 Å². The smallest absolute Gasteiger partial charge is 0.308 e. The van der Waals surface area contributed by atoms with Crippen LogP contribution in [0.15, 0.2) is 36.4 Å². The van der Waals surface area contributed by atoms with Crippen LogP contribution in [0.2, 0.25) is 0 Å². The molecule has 28 heavy (non-hydrogen) atoms. The van der Waals surface area contributed by atoms with Gasteiger partial charge in [0.15, 0.2) is 0 Å². The van der Waals surface area contributed by atoms with Crippen LogP contribution in [-0.4, -0.2) is 53.3 Å². The lowest BCUT2D eigenvalue weighted by Crippen LogP contribution is -2.41. The summed E-state index contributed by atoms with van der Waals surface area (Å²) in [5.74, 6) is 0.963. The van der Waals surface area contributed by atoms with Crippen molar-refractivity contribution in [2.24, 2.45) is 5.92 Å². The van der Waals surface area contributed by atoms with Crippen molar-refractivity contribution in [2.45, 2.75) is 31.6 Å². The number of methoxy groups -OCH3 is 1. The maximum Gasteiger partial charge on any atom is 0.308 e. The standard InChI is InChI=1S/C21H26N4O3/c1-28-21(27)16-9-11-24(12-10-16)14-20(26)22-19-13-18(15-7-8-15)23-25(19)17-5-3-2-4-6-17/h2-6,13,15-16H,7-12,14H2,1H3,(H,22,26). The molecule has 2 aliphatic rings. The highest BCUT2D eigenvalue weighted by Crippen LogP contribution is 2.40. The summed E-state index contributed by atoms with van der Waals surface area (Å²) in [6, 6.07) is 11.8. The molecule has 148 valence electrons. The lowest BCUT2D eigenvalue weighted by atomic mass is 9.97. The highest BCUT2D eigenvalue weighted by atomic mass is 16.5. The van der Waals surface area contributed by atoms with Crippen LogP contribution in [0.3, 0.4) is 0 Å². The largest absolute Gasteiger partial charge is 0.469 e. The van der Waals surface area contributed by atoms with Crippen LogP contribution >= 0.6 is 0 Å². The number of nitrogens with one attached hydrogen (secondary N) is 1. The molecule has 0 unspecified atom stereocenters. The van der Waals surface area contributed by atoms with Gasteiger partial charge >= 0.3 is 5.97 Å². The van der Waals surface area contributed by atoms with Crippen molar-refractivity contribution in [3.8, 4) is 5.69 Å². The fourth-order valence-corrected chi connectivity index (χ4v) is 3.71.